The van der Waals surface area contributed by atoms with Crippen LogP contribution in [0.3, 0.4) is 0 Å². The van der Waals surface area contributed by atoms with Gasteiger partial charge in [0.25, 0.3) is 0 Å². The molecule has 0 bridgehead atoms. The third-order valence-electron chi connectivity index (χ3n) is 2.73. The Balaban J connectivity index is 0.00000180. The van der Waals surface area contributed by atoms with Gasteiger partial charge in [0, 0.05) is 20.0 Å². The minimum Gasteiger partial charge on any atom is -0.339 e. The van der Waals surface area contributed by atoms with Gasteiger partial charge in [0.05, 0.1) is 16.8 Å². The Kier molecular flexibility index (Phi) is 8.73. The molecule has 1 N–H and O–H groups in total. The number of nitrogens with one attached hydrogen (secondary N) is 1. The fourth-order valence-corrected chi connectivity index (χ4v) is 2.72. The molecule has 0 aliphatic rings. The van der Waals surface area contributed by atoms with Crippen molar-refractivity contribution in [2.45, 2.75) is 13.0 Å². The van der Waals surface area contributed by atoms with Crippen LogP contribution in [-0.2, 0) is 11.3 Å². The normalized spacial score (nSPS) is 9.70. The van der Waals surface area contributed by atoms with Crippen molar-refractivity contribution >= 4 is 52.3 Å². The van der Waals surface area contributed by atoms with E-state index in [9.17, 15) is 4.79 Å². The number of carbonyl (C=O) groups is 1. The first-order valence-electron chi connectivity index (χ1n) is 5.93. The summed E-state index contributed by atoms with van der Waals surface area (Å²) in [4.78, 5) is 18.0. The van der Waals surface area contributed by atoms with Crippen molar-refractivity contribution in [3.05, 3.63) is 29.3 Å². The van der Waals surface area contributed by atoms with Crippen LogP contribution in [0.2, 0.25) is 0 Å². The van der Waals surface area contributed by atoms with Crippen LogP contribution in [0, 0.1) is 0 Å². The third-order valence-corrected chi connectivity index (χ3v) is 3.75. The summed E-state index contributed by atoms with van der Waals surface area (Å²) in [6.07, 6.45) is 0.526. The van der Waals surface area contributed by atoms with E-state index < -0.39 is 0 Å². The van der Waals surface area contributed by atoms with Crippen molar-refractivity contribution in [1.29, 1.82) is 0 Å². The number of hydrogen-bond acceptors (Lipinski definition) is 4. The summed E-state index contributed by atoms with van der Waals surface area (Å²) in [6.45, 7) is 1.30. The number of aromatic nitrogens is 1. The highest BCUT2D eigenvalue weighted by Crippen LogP contribution is 2.22. The lowest BCUT2D eigenvalue weighted by molar-refractivity contribution is -0.130. The lowest BCUT2D eigenvalue weighted by Gasteiger charge is -2.15. The Bertz CT molecular complexity index is 514. The molecule has 0 aliphatic carbocycles. The predicted molar refractivity (Wildman–Crippen MR) is 89.1 cm³/mol. The summed E-state index contributed by atoms with van der Waals surface area (Å²) in [5.41, 5.74) is 1.01. The van der Waals surface area contributed by atoms with Gasteiger partial charge in [-0.15, -0.1) is 36.2 Å². The van der Waals surface area contributed by atoms with Crippen LogP contribution in [-0.4, -0.2) is 36.4 Å². The summed E-state index contributed by atoms with van der Waals surface area (Å²) in [5, 5.41) is 3.96. The van der Waals surface area contributed by atoms with Crippen LogP contribution < -0.4 is 5.32 Å². The molecule has 1 amide bonds. The molecule has 112 valence electrons. The molecule has 4 nitrogen and oxygen atoms in total. The third kappa shape index (κ3) is 4.90. The number of para-hydroxylation sites is 1. The molecule has 0 unspecified atom stereocenters. The molecule has 0 atom stereocenters. The Hall–Kier alpha value is -0.880. The Labute approximate surface area is 135 Å². The SMILES string of the molecule is CNCCC(=O)N(C)Cc1nc2ccccc2s1.Cl.Cl. The van der Waals surface area contributed by atoms with E-state index in [0.717, 1.165) is 10.5 Å². The second kappa shape index (κ2) is 9.13. The number of benzene rings is 1. The maximum absolute atomic E-state index is 11.8. The number of nitrogens with zero attached hydrogens (tertiary/aromatic N) is 2. The molecular formula is C13H19Cl2N3OS. The van der Waals surface area contributed by atoms with Gasteiger partial charge in [-0.2, -0.15) is 0 Å². The zero-order chi connectivity index (χ0) is 13.0. The van der Waals surface area contributed by atoms with Crippen LogP contribution in [0.25, 0.3) is 10.2 Å². The standard InChI is InChI=1S/C13H17N3OS.2ClH/c1-14-8-7-13(17)16(2)9-12-15-10-5-3-4-6-11(10)18-12;;/h3-6,14H,7-9H2,1-2H3;2*1H. The zero-order valence-electron chi connectivity index (χ0n) is 11.5. The highest BCUT2D eigenvalue weighted by Gasteiger charge is 2.11. The van der Waals surface area contributed by atoms with Crippen LogP contribution >= 0.6 is 36.2 Å². The number of carbonyl (C=O) groups excluding carboxylic acids is 1. The quantitative estimate of drug-likeness (QED) is 0.913. The molecule has 0 spiro atoms. The fraction of sp³-hybridized carbons (Fsp3) is 0.385. The van der Waals surface area contributed by atoms with Gasteiger partial charge in [-0.05, 0) is 19.2 Å². The van der Waals surface area contributed by atoms with Gasteiger partial charge in [0.1, 0.15) is 5.01 Å². The highest BCUT2D eigenvalue weighted by molar-refractivity contribution is 7.18. The average molecular weight is 336 g/mol. The molecular weight excluding hydrogens is 317 g/mol. The van der Waals surface area contributed by atoms with Crippen molar-refractivity contribution < 1.29 is 4.79 Å². The van der Waals surface area contributed by atoms with Gasteiger partial charge < -0.3 is 10.2 Å². The topological polar surface area (TPSA) is 45.2 Å². The number of halogens is 2. The van der Waals surface area contributed by atoms with Gasteiger partial charge in [-0.3, -0.25) is 4.79 Å². The van der Waals surface area contributed by atoms with Crippen LogP contribution in [0.5, 0.6) is 0 Å². The number of amides is 1. The molecule has 0 saturated heterocycles. The van der Waals surface area contributed by atoms with E-state index in [1.54, 1.807) is 16.2 Å². The predicted octanol–water partition coefficient (Wildman–Crippen LogP) is 2.71. The molecule has 2 aromatic rings. The Morgan fingerprint density at radius 3 is 2.70 bits per heavy atom. The largest absolute Gasteiger partial charge is 0.339 e. The van der Waals surface area contributed by atoms with E-state index in [4.69, 9.17) is 0 Å². The Morgan fingerprint density at radius 1 is 1.35 bits per heavy atom. The lowest BCUT2D eigenvalue weighted by Crippen LogP contribution is -2.28. The first kappa shape index (κ1) is 19.1. The first-order valence-corrected chi connectivity index (χ1v) is 6.75. The van der Waals surface area contributed by atoms with Crippen molar-refractivity contribution in [3.63, 3.8) is 0 Å². The summed E-state index contributed by atoms with van der Waals surface area (Å²) in [5.74, 6) is 0.142. The van der Waals surface area contributed by atoms with Crippen LogP contribution in [0.1, 0.15) is 11.4 Å². The molecule has 0 fully saturated rings. The molecule has 0 saturated carbocycles. The van der Waals surface area contributed by atoms with Gasteiger partial charge >= 0.3 is 0 Å². The molecule has 7 heteroatoms. The van der Waals surface area contributed by atoms with Gasteiger partial charge in [0.15, 0.2) is 0 Å². The van der Waals surface area contributed by atoms with Gasteiger partial charge in [0.2, 0.25) is 5.91 Å². The van der Waals surface area contributed by atoms with E-state index in [1.807, 2.05) is 32.3 Å². The molecule has 1 heterocycles. The minimum atomic E-state index is 0. The second-order valence-corrected chi connectivity index (χ2v) is 5.29. The second-order valence-electron chi connectivity index (χ2n) is 4.18. The van der Waals surface area contributed by atoms with E-state index in [0.29, 0.717) is 19.5 Å². The van der Waals surface area contributed by atoms with Crippen molar-refractivity contribution in [3.8, 4) is 0 Å². The van der Waals surface area contributed by atoms with Crippen LogP contribution in [0.4, 0.5) is 0 Å². The molecule has 2 rings (SSSR count). The number of thiazole rings is 1. The van der Waals surface area contributed by atoms with Crippen molar-refractivity contribution in [2.24, 2.45) is 0 Å². The van der Waals surface area contributed by atoms with E-state index in [2.05, 4.69) is 16.4 Å². The summed E-state index contributed by atoms with van der Waals surface area (Å²) in [6, 6.07) is 8.04. The highest BCUT2D eigenvalue weighted by atomic mass is 35.5. The molecule has 1 aromatic heterocycles. The van der Waals surface area contributed by atoms with E-state index in [-0.39, 0.29) is 30.7 Å². The molecule has 0 radical (unpaired) electrons. The molecule has 0 aliphatic heterocycles. The van der Waals surface area contributed by atoms with Crippen molar-refractivity contribution in [1.82, 2.24) is 15.2 Å². The minimum absolute atomic E-state index is 0. The maximum Gasteiger partial charge on any atom is 0.223 e. The van der Waals surface area contributed by atoms with Crippen LogP contribution in [0.15, 0.2) is 24.3 Å². The lowest BCUT2D eigenvalue weighted by atomic mass is 10.3. The molecule has 20 heavy (non-hydrogen) atoms. The van der Waals surface area contributed by atoms with Gasteiger partial charge in [-0.25, -0.2) is 4.98 Å². The van der Waals surface area contributed by atoms with Crippen molar-refractivity contribution in [2.75, 3.05) is 20.6 Å². The average Bonchev–Trinajstić information content (AvgIpc) is 2.77. The maximum atomic E-state index is 11.8. The Morgan fingerprint density at radius 2 is 2.05 bits per heavy atom. The first-order chi connectivity index (χ1) is 8.70. The number of fused-ring (bicyclic) bond motifs is 1. The van der Waals surface area contributed by atoms with Gasteiger partial charge in [-0.1, -0.05) is 12.1 Å². The summed E-state index contributed by atoms with van der Waals surface area (Å²) < 4.78 is 1.17. The fourth-order valence-electron chi connectivity index (χ4n) is 1.70. The summed E-state index contributed by atoms with van der Waals surface area (Å²) >= 11 is 1.65. The van der Waals surface area contributed by atoms with E-state index >= 15 is 0 Å². The number of hydrogen-bond donors (Lipinski definition) is 1. The smallest absolute Gasteiger partial charge is 0.223 e. The monoisotopic (exact) mass is 335 g/mol. The number of rotatable bonds is 5. The summed E-state index contributed by atoms with van der Waals surface area (Å²) in [7, 11) is 3.67. The molecule has 1 aromatic carbocycles. The zero-order valence-corrected chi connectivity index (χ0v) is 13.9. The van der Waals surface area contributed by atoms with E-state index in [1.165, 1.54) is 4.70 Å².